The van der Waals surface area contributed by atoms with Gasteiger partial charge in [0.15, 0.2) is 0 Å². The van der Waals surface area contributed by atoms with Crippen LogP contribution >= 0.6 is 0 Å². The van der Waals surface area contributed by atoms with E-state index in [1.54, 1.807) is 18.2 Å². The number of nitrogens with one attached hydrogen (secondary N) is 1. The Morgan fingerprint density at radius 3 is 1.92 bits per heavy atom. The van der Waals surface area contributed by atoms with Gasteiger partial charge >= 0.3 is 0 Å². The number of methoxy groups -OCH3 is 4. The fraction of sp³-hybridized carbons (Fsp3) is 0.250. The highest BCUT2D eigenvalue weighted by Gasteiger charge is 2.22. The van der Waals surface area contributed by atoms with Crippen LogP contribution in [0.3, 0.4) is 0 Å². The molecule has 0 fully saturated rings. The van der Waals surface area contributed by atoms with Crippen LogP contribution in [0.25, 0.3) is 0 Å². The number of rotatable bonds is 7. The smallest absolute Gasteiger partial charge is 0.265 e. The Balaban J connectivity index is 2.46. The number of anilines is 1. The third kappa shape index (κ3) is 3.65. The lowest BCUT2D eigenvalue weighted by atomic mass is 10.3. The minimum Gasteiger partial charge on any atom is -0.497 e. The summed E-state index contributed by atoms with van der Waals surface area (Å²) in [5.74, 6) is 1.52. The van der Waals surface area contributed by atoms with Crippen molar-refractivity contribution in [2.75, 3.05) is 33.2 Å². The highest BCUT2D eigenvalue weighted by atomic mass is 32.2. The van der Waals surface area contributed by atoms with Crippen LogP contribution in [0.5, 0.6) is 23.0 Å². The van der Waals surface area contributed by atoms with Gasteiger partial charge in [0.05, 0.1) is 34.1 Å². The Bertz CT molecular complexity index is 819. The molecule has 8 heteroatoms. The molecule has 1 N–H and O–H groups in total. The van der Waals surface area contributed by atoms with E-state index in [1.165, 1.54) is 46.6 Å². The van der Waals surface area contributed by atoms with Crippen molar-refractivity contribution in [3.05, 3.63) is 36.4 Å². The van der Waals surface area contributed by atoms with Crippen LogP contribution in [-0.2, 0) is 10.0 Å². The van der Waals surface area contributed by atoms with Gasteiger partial charge in [-0.05, 0) is 24.3 Å². The van der Waals surface area contributed by atoms with E-state index < -0.39 is 10.0 Å². The molecule has 0 aliphatic carbocycles. The second kappa shape index (κ2) is 7.31. The van der Waals surface area contributed by atoms with Gasteiger partial charge in [-0.15, -0.1) is 0 Å². The van der Waals surface area contributed by atoms with Gasteiger partial charge in [-0.3, -0.25) is 4.72 Å². The van der Waals surface area contributed by atoms with E-state index in [1.807, 2.05) is 0 Å². The molecular weight excluding hydrogens is 334 g/mol. The third-order valence-corrected chi connectivity index (χ3v) is 4.72. The van der Waals surface area contributed by atoms with Crippen molar-refractivity contribution in [2.24, 2.45) is 0 Å². The van der Waals surface area contributed by atoms with Gasteiger partial charge < -0.3 is 18.9 Å². The van der Waals surface area contributed by atoms with Crippen molar-refractivity contribution < 1.29 is 27.4 Å². The van der Waals surface area contributed by atoms with Crippen LogP contribution in [0, 0.1) is 0 Å². The van der Waals surface area contributed by atoms with E-state index in [2.05, 4.69) is 4.72 Å². The predicted molar refractivity (Wildman–Crippen MR) is 89.9 cm³/mol. The van der Waals surface area contributed by atoms with Gasteiger partial charge in [0, 0.05) is 12.1 Å². The minimum absolute atomic E-state index is 0.0179. The lowest BCUT2D eigenvalue weighted by Crippen LogP contribution is -2.15. The molecule has 0 aliphatic heterocycles. The summed E-state index contributed by atoms with van der Waals surface area (Å²) in [7, 11) is 1.92. The molecule has 0 radical (unpaired) electrons. The van der Waals surface area contributed by atoms with E-state index in [0.717, 1.165) is 0 Å². The molecule has 0 saturated carbocycles. The van der Waals surface area contributed by atoms with E-state index in [0.29, 0.717) is 17.2 Å². The average Bonchev–Trinajstić information content (AvgIpc) is 2.60. The molecule has 0 atom stereocenters. The van der Waals surface area contributed by atoms with Gasteiger partial charge in [-0.1, -0.05) is 0 Å². The van der Waals surface area contributed by atoms with Gasteiger partial charge in [0.1, 0.15) is 27.9 Å². The molecule has 0 aliphatic rings. The van der Waals surface area contributed by atoms with Crippen molar-refractivity contribution in [2.45, 2.75) is 4.90 Å². The number of ether oxygens (including phenoxy) is 4. The van der Waals surface area contributed by atoms with Crippen molar-refractivity contribution >= 4 is 15.7 Å². The summed E-state index contributed by atoms with van der Waals surface area (Å²) in [5, 5.41) is 0. The van der Waals surface area contributed by atoms with Gasteiger partial charge in [0.2, 0.25) is 0 Å². The predicted octanol–water partition coefficient (Wildman–Crippen LogP) is 2.52. The summed E-state index contributed by atoms with van der Waals surface area (Å²) in [6, 6.07) is 9.27. The zero-order valence-electron chi connectivity index (χ0n) is 13.8. The second-order valence-corrected chi connectivity index (χ2v) is 6.34. The van der Waals surface area contributed by atoms with Crippen LogP contribution < -0.4 is 23.7 Å². The first kappa shape index (κ1) is 17.7. The Hall–Kier alpha value is -2.61. The number of benzene rings is 2. The third-order valence-electron chi connectivity index (χ3n) is 3.31. The number of hydrogen-bond acceptors (Lipinski definition) is 6. The highest BCUT2D eigenvalue weighted by molar-refractivity contribution is 7.92. The zero-order valence-corrected chi connectivity index (χ0v) is 14.6. The molecule has 2 aromatic carbocycles. The van der Waals surface area contributed by atoms with Gasteiger partial charge in [-0.2, -0.15) is 0 Å². The fourth-order valence-electron chi connectivity index (χ4n) is 2.09. The fourth-order valence-corrected chi connectivity index (χ4v) is 3.30. The number of hydrogen-bond donors (Lipinski definition) is 1. The van der Waals surface area contributed by atoms with Crippen molar-refractivity contribution in [3.63, 3.8) is 0 Å². The van der Waals surface area contributed by atoms with Crippen LogP contribution in [0.2, 0.25) is 0 Å². The normalized spacial score (nSPS) is 10.8. The molecule has 2 aromatic rings. The maximum atomic E-state index is 12.7. The SMILES string of the molecule is COc1ccc(OC)c(NS(=O)(=O)c2ccc(OC)cc2OC)c1. The van der Waals surface area contributed by atoms with E-state index in [4.69, 9.17) is 18.9 Å². The Morgan fingerprint density at radius 1 is 0.750 bits per heavy atom. The van der Waals surface area contributed by atoms with E-state index in [-0.39, 0.29) is 16.3 Å². The Kier molecular flexibility index (Phi) is 5.40. The maximum Gasteiger partial charge on any atom is 0.265 e. The largest absolute Gasteiger partial charge is 0.497 e. The lowest BCUT2D eigenvalue weighted by molar-refractivity contribution is 0.386. The molecular formula is C16H19NO6S. The molecule has 2 rings (SSSR count). The highest BCUT2D eigenvalue weighted by Crippen LogP contribution is 2.34. The van der Waals surface area contributed by atoms with Crippen molar-refractivity contribution in [1.82, 2.24) is 0 Å². The zero-order chi connectivity index (χ0) is 17.7. The van der Waals surface area contributed by atoms with Gasteiger partial charge in [-0.25, -0.2) is 8.42 Å². The monoisotopic (exact) mass is 353 g/mol. The summed E-state index contributed by atoms with van der Waals surface area (Å²) < 4.78 is 48.5. The summed E-state index contributed by atoms with van der Waals surface area (Å²) in [4.78, 5) is -0.0179. The van der Waals surface area contributed by atoms with Crippen molar-refractivity contribution in [3.8, 4) is 23.0 Å². The first-order valence-corrected chi connectivity index (χ1v) is 8.40. The Labute approximate surface area is 141 Å². The maximum absolute atomic E-state index is 12.7. The van der Waals surface area contributed by atoms with Gasteiger partial charge in [0.25, 0.3) is 10.0 Å². The molecule has 0 spiro atoms. The first-order chi connectivity index (χ1) is 11.4. The molecule has 0 heterocycles. The molecule has 0 aromatic heterocycles. The Morgan fingerprint density at radius 2 is 1.33 bits per heavy atom. The summed E-state index contributed by atoms with van der Waals surface area (Å²) in [6.45, 7) is 0. The van der Waals surface area contributed by atoms with Crippen LogP contribution in [0.1, 0.15) is 0 Å². The van der Waals surface area contributed by atoms with Crippen LogP contribution in [0.4, 0.5) is 5.69 Å². The second-order valence-electron chi connectivity index (χ2n) is 4.69. The topological polar surface area (TPSA) is 83.1 Å². The number of sulfonamides is 1. The van der Waals surface area contributed by atoms with E-state index in [9.17, 15) is 8.42 Å². The van der Waals surface area contributed by atoms with Crippen LogP contribution in [-0.4, -0.2) is 36.9 Å². The summed E-state index contributed by atoms with van der Waals surface area (Å²) in [5.41, 5.74) is 0.259. The molecule has 130 valence electrons. The first-order valence-electron chi connectivity index (χ1n) is 6.92. The standard InChI is InChI=1S/C16H19NO6S/c1-20-11-5-7-14(22-3)13(9-11)17-24(18,19)16-8-6-12(21-2)10-15(16)23-4/h5-10,17H,1-4H3. The average molecular weight is 353 g/mol. The van der Waals surface area contributed by atoms with E-state index >= 15 is 0 Å². The summed E-state index contributed by atoms with van der Waals surface area (Å²) >= 11 is 0. The summed E-state index contributed by atoms with van der Waals surface area (Å²) in [6.07, 6.45) is 0. The molecule has 7 nitrogen and oxygen atoms in total. The molecule has 0 bridgehead atoms. The molecule has 0 saturated heterocycles. The lowest BCUT2D eigenvalue weighted by Gasteiger charge is -2.15. The van der Waals surface area contributed by atoms with Crippen molar-refractivity contribution in [1.29, 1.82) is 0 Å². The van der Waals surface area contributed by atoms with Crippen LogP contribution in [0.15, 0.2) is 41.3 Å². The molecule has 0 amide bonds. The molecule has 24 heavy (non-hydrogen) atoms. The minimum atomic E-state index is -3.90. The quantitative estimate of drug-likeness (QED) is 0.823. The molecule has 0 unspecified atom stereocenters.